The maximum atomic E-state index is 11.3. The predicted molar refractivity (Wildman–Crippen MR) is 134 cm³/mol. The molecule has 1 aromatic heterocycles. The smallest absolute Gasteiger partial charge is 0.221 e. The van der Waals surface area contributed by atoms with Crippen LogP contribution in [0.4, 0.5) is 0 Å². The molecule has 33 heavy (non-hydrogen) atoms. The van der Waals surface area contributed by atoms with E-state index in [9.17, 15) is 5.11 Å². The summed E-state index contributed by atoms with van der Waals surface area (Å²) in [4.78, 5) is 4.36. The van der Waals surface area contributed by atoms with E-state index in [0.29, 0.717) is 17.6 Å². The first-order chi connectivity index (χ1) is 15.7. The van der Waals surface area contributed by atoms with Crippen molar-refractivity contribution < 1.29 is 14.3 Å². The highest BCUT2D eigenvalue weighted by atomic mass is 16.5. The molecule has 180 valence electrons. The number of nitrogens with zero attached hydrogens (tertiary/aromatic N) is 1. The number of hydrogen-bond acceptors (Lipinski definition) is 4. The quantitative estimate of drug-likeness (QED) is 0.391. The number of benzene rings is 1. The Morgan fingerprint density at radius 3 is 2.61 bits per heavy atom. The lowest BCUT2D eigenvalue weighted by molar-refractivity contribution is 0.00896. The van der Waals surface area contributed by atoms with Crippen molar-refractivity contribution in [2.75, 3.05) is 0 Å². The maximum absolute atomic E-state index is 11.3. The molecule has 0 radical (unpaired) electrons. The van der Waals surface area contributed by atoms with Gasteiger partial charge >= 0.3 is 0 Å². The van der Waals surface area contributed by atoms with Crippen LogP contribution in [0.1, 0.15) is 115 Å². The molecule has 0 saturated heterocycles. The van der Waals surface area contributed by atoms with Crippen molar-refractivity contribution in [3.63, 3.8) is 0 Å². The number of fused-ring (bicyclic) bond motifs is 3. The van der Waals surface area contributed by atoms with Gasteiger partial charge in [0, 0.05) is 23.0 Å². The molecule has 4 rings (SSSR count). The van der Waals surface area contributed by atoms with Crippen LogP contribution in [0.3, 0.4) is 0 Å². The zero-order chi connectivity index (χ0) is 23.6. The zero-order valence-electron chi connectivity index (χ0n) is 21.1. The lowest BCUT2D eigenvalue weighted by Crippen LogP contribution is -2.45. The molecular formula is C29H41NO3. The molecule has 0 fully saturated rings. The number of unbranched alkanes of at least 4 members (excludes halogenated alkanes) is 5. The first-order valence-corrected chi connectivity index (χ1v) is 12.9. The van der Waals surface area contributed by atoms with Crippen molar-refractivity contribution in [2.45, 2.75) is 109 Å². The number of aromatic hydroxyl groups is 1. The highest BCUT2D eigenvalue weighted by molar-refractivity contribution is 5.64. The number of allylic oxidation sites excluding steroid dienone is 2. The fourth-order valence-corrected chi connectivity index (χ4v) is 5.83. The van der Waals surface area contributed by atoms with Crippen LogP contribution in [0.15, 0.2) is 35.1 Å². The Hall–Kier alpha value is -2.23. The first kappa shape index (κ1) is 23.9. The molecule has 4 nitrogen and oxygen atoms in total. The highest BCUT2D eigenvalue weighted by Gasteiger charge is 2.47. The number of phenolic OH excluding ortho intramolecular Hbond substituents is 1. The van der Waals surface area contributed by atoms with Gasteiger partial charge < -0.3 is 14.3 Å². The first-order valence-electron chi connectivity index (χ1n) is 12.9. The molecule has 1 aromatic carbocycles. The van der Waals surface area contributed by atoms with Crippen LogP contribution in [-0.4, -0.2) is 15.7 Å². The second-order valence-electron chi connectivity index (χ2n) is 11.2. The third kappa shape index (κ3) is 5.00. The lowest BCUT2D eigenvalue weighted by atomic mass is 9.66. The van der Waals surface area contributed by atoms with Gasteiger partial charge in [0.1, 0.15) is 23.4 Å². The number of ether oxygens (including phenoxy) is 1. The van der Waals surface area contributed by atoms with Crippen LogP contribution in [0.2, 0.25) is 0 Å². The van der Waals surface area contributed by atoms with Gasteiger partial charge in [0.25, 0.3) is 0 Å². The van der Waals surface area contributed by atoms with E-state index in [0.717, 1.165) is 36.1 Å². The van der Waals surface area contributed by atoms with Crippen LogP contribution in [0, 0.1) is 5.92 Å². The summed E-state index contributed by atoms with van der Waals surface area (Å²) in [5.74, 6) is 2.40. The van der Waals surface area contributed by atoms with E-state index in [2.05, 4.69) is 51.7 Å². The molecular weight excluding hydrogens is 410 g/mol. The Morgan fingerprint density at radius 1 is 1.12 bits per heavy atom. The SMILES string of the molecule is CCCCCCCCC(C)(C)c1cc(O)c2c(c1)OC(C)(C)[C@@H]1CC=C(c3ncco3)C[C@@H]21. The van der Waals surface area contributed by atoms with Gasteiger partial charge in [0.2, 0.25) is 5.89 Å². The molecule has 1 N–H and O–H groups in total. The number of hydrogen-bond donors (Lipinski definition) is 1. The molecule has 2 atom stereocenters. The van der Waals surface area contributed by atoms with Gasteiger partial charge in [-0.15, -0.1) is 0 Å². The van der Waals surface area contributed by atoms with Gasteiger partial charge in [-0.1, -0.05) is 65.4 Å². The summed E-state index contributed by atoms with van der Waals surface area (Å²) in [6, 6.07) is 4.20. The largest absolute Gasteiger partial charge is 0.508 e. The molecule has 0 spiro atoms. The molecule has 2 aliphatic rings. The Bertz CT molecular complexity index is 971. The zero-order valence-corrected chi connectivity index (χ0v) is 21.1. The van der Waals surface area contributed by atoms with Crippen LogP contribution >= 0.6 is 0 Å². The Kier molecular flexibility index (Phi) is 6.93. The van der Waals surface area contributed by atoms with Gasteiger partial charge in [0.05, 0.1) is 6.20 Å². The number of phenols is 1. The van der Waals surface area contributed by atoms with Crippen molar-refractivity contribution in [1.29, 1.82) is 0 Å². The van der Waals surface area contributed by atoms with E-state index in [1.54, 1.807) is 12.5 Å². The fraction of sp³-hybridized carbons (Fsp3) is 0.621. The van der Waals surface area contributed by atoms with Crippen molar-refractivity contribution in [3.05, 3.63) is 47.7 Å². The van der Waals surface area contributed by atoms with E-state index in [-0.39, 0.29) is 16.9 Å². The van der Waals surface area contributed by atoms with Crippen molar-refractivity contribution in [1.82, 2.24) is 4.98 Å². The molecule has 1 aliphatic carbocycles. The summed E-state index contributed by atoms with van der Waals surface area (Å²) >= 11 is 0. The number of aromatic nitrogens is 1. The molecule has 2 heterocycles. The predicted octanol–water partition coefficient (Wildman–Crippen LogP) is 8.16. The second-order valence-corrected chi connectivity index (χ2v) is 11.2. The molecule has 0 unspecified atom stereocenters. The molecule has 4 heteroatoms. The molecule has 0 bridgehead atoms. The molecule has 1 aliphatic heterocycles. The highest BCUT2D eigenvalue weighted by Crippen LogP contribution is 2.56. The lowest BCUT2D eigenvalue weighted by Gasteiger charge is -2.47. The van der Waals surface area contributed by atoms with Crippen molar-refractivity contribution in [2.24, 2.45) is 5.92 Å². The summed E-state index contributed by atoms with van der Waals surface area (Å²) < 4.78 is 12.2. The van der Waals surface area contributed by atoms with E-state index in [1.165, 1.54) is 44.1 Å². The monoisotopic (exact) mass is 451 g/mol. The van der Waals surface area contributed by atoms with Gasteiger partial charge in [-0.25, -0.2) is 4.98 Å². The van der Waals surface area contributed by atoms with E-state index >= 15 is 0 Å². The molecule has 0 amide bonds. The van der Waals surface area contributed by atoms with Crippen LogP contribution in [-0.2, 0) is 5.41 Å². The summed E-state index contributed by atoms with van der Waals surface area (Å²) in [7, 11) is 0. The Balaban J connectivity index is 1.57. The number of oxazole rings is 1. The average molecular weight is 452 g/mol. The van der Waals surface area contributed by atoms with E-state index in [1.807, 2.05) is 6.07 Å². The van der Waals surface area contributed by atoms with Crippen LogP contribution < -0.4 is 4.74 Å². The summed E-state index contributed by atoms with van der Waals surface area (Å²) in [5.41, 5.74) is 2.94. The van der Waals surface area contributed by atoms with Crippen LogP contribution in [0.25, 0.3) is 5.57 Å². The minimum absolute atomic E-state index is 0.00264. The second kappa shape index (κ2) is 9.56. The normalized spacial score (nSPS) is 21.7. The van der Waals surface area contributed by atoms with Crippen LogP contribution in [0.5, 0.6) is 11.5 Å². The molecule has 0 saturated carbocycles. The van der Waals surface area contributed by atoms with Crippen molar-refractivity contribution >= 4 is 5.57 Å². The minimum atomic E-state index is -0.301. The van der Waals surface area contributed by atoms with Gasteiger partial charge in [-0.3, -0.25) is 0 Å². The van der Waals surface area contributed by atoms with Gasteiger partial charge in [-0.2, -0.15) is 0 Å². The van der Waals surface area contributed by atoms with E-state index in [4.69, 9.17) is 9.15 Å². The maximum Gasteiger partial charge on any atom is 0.221 e. The van der Waals surface area contributed by atoms with Crippen molar-refractivity contribution in [3.8, 4) is 11.5 Å². The fourth-order valence-electron chi connectivity index (χ4n) is 5.83. The summed E-state index contributed by atoms with van der Waals surface area (Å²) in [6.07, 6.45) is 16.1. The Morgan fingerprint density at radius 2 is 1.88 bits per heavy atom. The molecule has 2 aromatic rings. The number of rotatable bonds is 9. The third-order valence-corrected chi connectivity index (χ3v) is 7.94. The van der Waals surface area contributed by atoms with E-state index < -0.39 is 0 Å². The minimum Gasteiger partial charge on any atom is -0.508 e. The third-order valence-electron chi connectivity index (χ3n) is 7.94. The topological polar surface area (TPSA) is 55.5 Å². The Labute approximate surface area is 199 Å². The van der Waals surface area contributed by atoms with Gasteiger partial charge in [-0.05, 0) is 56.2 Å². The standard InChI is InChI=1S/C29H41NO3/c1-6-7-8-9-10-11-14-28(2,3)21-18-24(31)26-22-17-20(27-30-15-16-32-27)12-13-23(22)29(4,5)33-25(26)19-21/h12,15-16,18-19,22-23,31H,6-11,13-14,17H2,1-5H3/t22-,23-/m1/s1. The summed E-state index contributed by atoms with van der Waals surface area (Å²) in [5, 5.41) is 11.3. The average Bonchev–Trinajstić information content (AvgIpc) is 3.30. The summed E-state index contributed by atoms with van der Waals surface area (Å²) in [6.45, 7) is 11.2. The van der Waals surface area contributed by atoms with Gasteiger partial charge in [0.15, 0.2) is 0 Å².